The average Bonchev–Trinajstić information content (AvgIpc) is 3.32. The van der Waals surface area contributed by atoms with Crippen LogP contribution in [0.2, 0.25) is 5.02 Å². The summed E-state index contributed by atoms with van der Waals surface area (Å²) in [5.41, 5.74) is 1.50. The third kappa shape index (κ3) is 9.19. The zero-order chi connectivity index (χ0) is 31.7. The summed E-state index contributed by atoms with van der Waals surface area (Å²) in [6.07, 6.45) is 2.30. The van der Waals surface area contributed by atoms with E-state index in [1.165, 1.54) is 52.3 Å². The highest BCUT2D eigenvalue weighted by Crippen LogP contribution is 2.48. The number of hydrogen-bond donors (Lipinski definition) is 2. The van der Waals surface area contributed by atoms with Gasteiger partial charge in [0.2, 0.25) is 5.91 Å². The van der Waals surface area contributed by atoms with Crippen molar-refractivity contribution >= 4 is 88.5 Å². The van der Waals surface area contributed by atoms with Gasteiger partial charge in [0.1, 0.15) is 30.3 Å². The molecule has 2 N–H and O–H groups in total. The van der Waals surface area contributed by atoms with E-state index in [4.69, 9.17) is 37.6 Å². The quantitative estimate of drug-likeness (QED) is 0.0511. The molecule has 0 radical (unpaired) electrons. The lowest BCUT2D eigenvalue weighted by molar-refractivity contribution is -0.117. The molecule has 0 aliphatic rings. The summed E-state index contributed by atoms with van der Waals surface area (Å²) in [6, 6.07) is 7.65. The van der Waals surface area contributed by atoms with E-state index in [1.54, 1.807) is 26.0 Å². The summed E-state index contributed by atoms with van der Waals surface area (Å²) in [4.78, 5) is 21.8. The molecule has 0 saturated heterocycles. The van der Waals surface area contributed by atoms with Crippen LogP contribution in [0.5, 0.6) is 5.75 Å². The Kier molecular flexibility index (Phi) is 12.5. The van der Waals surface area contributed by atoms with E-state index < -0.39 is 13.4 Å². The van der Waals surface area contributed by atoms with Crippen LogP contribution >= 0.6 is 54.5 Å². The number of hydrogen-bond acceptors (Lipinski definition) is 12. The molecule has 0 atom stereocenters. The van der Waals surface area contributed by atoms with Gasteiger partial charge in [-0.25, -0.2) is 19.0 Å². The number of halogens is 2. The Morgan fingerprint density at radius 1 is 1.16 bits per heavy atom. The van der Waals surface area contributed by atoms with Crippen LogP contribution in [-0.2, 0) is 25.0 Å². The van der Waals surface area contributed by atoms with E-state index in [-0.39, 0.29) is 17.5 Å². The van der Waals surface area contributed by atoms with Gasteiger partial charge in [0.05, 0.1) is 42.2 Å². The number of carbonyl (C=O) groups excluding carboxylic acids is 1. The summed E-state index contributed by atoms with van der Waals surface area (Å²) in [6.45, 7) is 6.28. The Bertz CT molecular complexity index is 1720. The zero-order valence-corrected chi connectivity index (χ0v) is 28.3. The Morgan fingerprint density at radius 2 is 1.93 bits per heavy atom. The lowest BCUT2D eigenvalue weighted by Crippen LogP contribution is -2.20. The first-order chi connectivity index (χ1) is 21.1. The lowest BCUT2D eigenvalue weighted by Gasteiger charge is -2.16. The van der Waals surface area contributed by atoms with Gasteiger partial charge in [-0.15, -0.1) is 0 Å². The summed E-state index contributed by atoms with van der Waals surface area (Å²) in [5.74, 6) is 0.592. The second-order valence-electron chi connectivity index (χ2n) is 8.99. The van der Waals surface area contributed by atoms with Crippen molar-refractivity contribution in [3.05, 3.63) is 51.5 Å². The molecule has 2 heterocycles. The van der Waals surface area contributed by atoms with Gasteiger partial charge < -0.3 is 24.4 Å². The number of rotatable bonds is 16. The molecule has 0 spiro atoms. The van der Waals surface area contributed by atoms with E-state index in [9.17, 15) is 13.8 Å². The van der Waals surface area contributed by atoms with Gasteiger partial charge in [0.15, 0.2) is 8.29 Å². The SMILES string of the molecule is CCOc1cc2ncnc(Nc3ccc(F)c(Cl)c3)c2cc1NC(=O)Cn1nc(SCCCP(=O)(OCC)OCC)sc1=S. The molecule has 0 aliphatic carbocycles. The van der Waals surface area contributed by atoms with Crippen LogP contribution in [0.25, 0.3) is 10.9 Å². The number of ether oxygens (including phenoxy) is 1. The van der Waals surface area contributed by atoms with Crippen LogP contribution in [-0.4, -0.2) is 57.4 Å². The van der Waals surface area contributed by atoms with Crippen molar-refractivity contribution in [2.75, 3.05) is 42.4 Å². The van der Waals surface area contributed by atoms with Crippen molar-refractivity contribution in [2.24, 2.45) is 0 Å². The van der Waals surface area contributed by atoms with Crippen molar-refractivity contribution in [1.29, 1.82) is 0 Å². The third-order valence-corrected chi connectivity index (χ3v) is 10.8. The van der Waals surface area contributed by atoms with E-state index in [1.807, 2.05) is 6.92 Å². The lowest BCUT2D eigenvalue weighted by atomic mass is 10.1. The predicted molar refractivity (Wildman–Crippen MR) is 176 cm³/mol. The minimum Gasteiger partial charge on any atom is -0.492 e. The molecule has 236 valence electrons. The maximum Gasteiger partial charge on any atom is 0.330 e. The number of amides is 1. The minimum atomic E-state index is -3.10. The van der Waals surface area contributed by atoms with E-state index in [0.29, 0.717) is 80.3 Å². The molecule has 4 rings (SSSR count). The van der Waals surface area contributed by atoms with Crippen molar-refractivity contribution < 1.29 is 27.5 Å². The number of thioether (sulfide) groups is 1. The normalized spacial score (nSPS) is 11.6. The van der Waals surface area contributed by atoms with Crippen LogP contribution in [0.4, 0.5) is 21.6 Å². The molecule has 44 heavy (non-hydrogen) atoms. The van der Waals surface area contributed by atoms with Crippen LogP contribution in [0.1, 0.15) is 27.2 Å². The summed E-state index contributed by atoms with van der Waals surface area (Å²) < 4.78 is 45.3. The monoisotopic (exact) mass is 700 g/mol. The van der Waals surface area contributed by atoms with Gasteiger partial charge in [0.25, 0.3) is 0 Å². The van der Waals surface area contributed by atoms with E-state index in [0.717, 1.165) is 0 Å². The molecule has 0 bridgehead atoms. The van der Waals surface area contributed by atoms with Crippen LogP contribution in [0, 0.1) is 9.77 Å². The fourth-order valence-electron chi connectivity index (χ4n) is 4.02. The molecule has 11 nitrogen and oxygen atoms in total. The Morgan fingerprint density at radius 3 is 2.64 bits per heavy atom. The number of nitrogens with zero attached hydrogens (tertiary/aromatic N) is 4. The van der Waals surface area contributed by atoms with Crippen LogP contribution in [0.15, 0.2) is 41.0 Å². The molecule has 0 unspecified atom stereocenters. The molecule has 2 aromatic carbocycles. The fraction of sp³-hybridized carbons (Fsp3) is 0.370. The number of anilines is 3. The maximum atomic E-state index is 13.7. The first-order valence-electron chi connectivity index (χ1n) is 13.7. The topological polar surface area (TPSA) is 129 Å². The predicted octanol–water partition coefficient (Wildman–Crippen LogP) is 7.94. The number of fused-ring (bicyclic) bond motifs is 1. The highest BCUT2D eigenvalue weighted by atomic mass is 35.5. The van der Waals surface area contributed by atoms with Gasteiger partial charge in [-0.05, 0) is 63.7 Å². The average molecular weight is 701 g/mol. The Hall–Kier alpha value is -2.65. The van der Waals surface area contributed by atoms with Crippen LogP contribution in [0.3, 0.4) is 0 Å². The first kappa shape index (κ1) is 34.2. The molecule has 2 aromatic heterocycles. The Labute approximate surface area is 272 Å². The maximum absolute atomic E-state index is 13.7. The van der Waals surface area contributed by atoms with Crippen molar-refractivity contribution in [2.45, 2.75) is 38.1 Å². The van der Waals surface area contributed by atoms with Gasteiger partial charge in [-0.2, -0.15) is 5.10 Å². The second-order valence-corrected chi connectivity index (χ2v) is 14.5. The summed E-state index contributed by atoms with van der Waals surface area (Å²) >= 11 is 14.1. The number of nitrogens with one attached hydrogen (secondary N) is 2. The fourth-order valence-corrected chi connectivity index (χ4v) is 8.42. The Balaban J connectivity index is 1.46. The first-order valence-corrected chi connectivity index (χ1v) is 18.0. The molecule has 0 saturated carbocycles. The van der Waals surface area contributed by atoms with Crippen molar-refractivity contribution in [1.82, 2.24) is 19.7 Å². The highest BCUT2D eigenvalue weighted by molar-refractivity contribution is 8.01. The zero-order valence-electron chi connectivity index (χ0n) is 24.2. The molecule has 1 amide bonds. The molecule has 4 aromatic rings. The third-order valence-electron chi connectivity index (χ3n) is 5.83. The van der Waals surface area contributed by atoms with E-state index >= 15 is 0 Å². The summed E-state index contributed by atoms with van der Waals surface area (Å²) in [5, 5.41) is 11.1. The van der Waals surface area contributed by atoms with Gasteiger partial charge >= 0.3 is 7.60 Å². The van der Waals surface area contributed by atoms with Crippen molar-refractivity contribution in [3.63, 3.8) is 0 Å². The van der Waals surface area contributed by atoms with E-state index in [2.05, 4.69) is 25.7 Å². The number of benzene rings is 2. The van der Waals surface area contributed by atoms with Gasteiger partial charge in [0, 0.05) is 22.9 Å². The number of carbonyl (C=O) groups is 1. The highest BCUT2D eigenvalue weighted by Gasteiger charge is 2.23. The molecule has 0 fully saturated rings. The van der Waals surface area contributed by atoms with Gasteiger partial charge in [-0.1, -0.05) is 34.7 Å². The smallest absolute Gasteiger partial charge is 0.330 e. The molecular weight excluding hydrogens is 670 g/mol. The summed E-state index contributed by atoms with van der Waals surface area (Å²) in [7, 11) is -3.10. The van der Waals surface area contributed by atoms with Crippen LogP contribution < -0.4 is 15.4 Å². The second kappa shape index (κ2) is 16.1. The molecule has 17 heteroatoms. The molecule has 0 aliphatic heterocycles. The van der Waals surface area contributed by atoms with Crippen molar-refractivity contribution in [3.8, 4) is 5.75 Å². The standard InChI is InChI=1S/C27H31ClFN6O5PS3/c1-4-38-23-14-21-18(25(31-16-30-21)32-17-8-9-20(29)19(28)12-17)13-22(23)33-24(36)15-35-27(42)44-26(34-35)43-11-7-10-41(37,39-5-2)40-6-3/h8-9,12-14,16H,4-7,10-11,15H2,1-3H3,(H,33,36)(H,30,31,32). The molecular formula is C27H31ClFN6O5PS3. The van der Waals surface area contributed by atoms with Gasteiger partial charge in [-0.3, -0.25) is 9.36 Å². The number of aromatic nitrogens is 4. The minimum absolute atomic E-state index is 0.0314. The largest absolute Gasteiger partial charge is 0.492 e.